The van der Waals surface area contributed by atoms with E-state index in [-0.39, 0.29) is 11.4 Å². The number of aliphatic imine (C=N–C) groups is 1. The molecule has 3 nitrogen and oxygen atoms in total. The minimum Gasteiger partial charge on any atom is -0.406 e. The lowest BCUT2D eigenvalue weighted by Crippen LogP contribution is -2.50. The van der Waals surface area contributed by atoms with Gasteiger partial charge in [0.2, 0.25) is 5.90 Å². The molecule has 4 bridgehead atoms. The van der Waals surface area contributed by atoms with Gasteiger partial charge in [0.15, 0.2) is 5.70 Å². The number of cyclic esters (lactones) is 1. The fraction of sp³-hybridized carbons (Fsp3) is 0.500. The van der Waals surface area contributed by atoms with Crippen LogP contribution < -0.4 is 0 Å². The highest BCUT2D eigenvalue weighted by atomic mass is 35.5. The summed E-state index contributed by atoms with van der Waals surface area (Å²) in [6.45, 7) is 0. The smallest absolute Gasteiger partial charge is 0.363 e. The number of hydrogen-bond acceptors (Lipinski definition) is 3. The molecule has 5 heteroatoms. The molecule has 4 fully saturated rings. The largest absolute Gasteiger partial charge is 0.406 e. The molecule has 0 atom stereocenters. The maximum atomic E-state index is 12.4. The summed E-state index contributed by atoms with van der Waals surface area (Å²) in [6.07, 6.45) is 9.19. The first-order valence-electron chi connectivity index (χ1n) is 8.99. The van der Waals surface area contributed by atoms with Crippen LogP contribution in [-0.4, -0.2) is 11.9 Å². The van der Waals surface area contributed by atoms with Crippen molar-refractivity contribution in [2.45, 2.75) is 38.5 Å². The zero-order valence-electron chi connectivity index (χ0n) is 13.8. The number of carbonyl (C=O) groups excluding carboxylic acids is 1. The van der Waals surface area contributed by atoms with Gasteiger partial charge in [0, 0.05) is 5.41 Å². The first kappa shape index (κ1) is 15.9. The molecule has 1 heterocycles. The standard InChI is InChI=1S/C20H19Cl2NO2/c21-15-2-1-11(6-16(15)22)7-17-18(24)25-19(23-17)20-8-12-3-13(9-20)5-14(4-12)10-20/h1-2,6-7,12-14H,3-5,8-10H2/b17-7-. The molecule has 0 unspecified atom stereocenters. The SMILES string of the molecule is O=C1OC(C23CC4CC(CC(C4)C2)C3)=N/C1=C\c1ccc(Cl)c(Cl)c1. The van der Waals surface area contributed by atoms with E-state index in [2.05, 4.69) is 4.99 Å². The van der Waals surface area contributed by atoms with Crippen LogP contribution in [0.4, 0.5) is 0 Å². The molecule has 0 aromatic heterocycles. The van der Waals surface area contributed by atoms with Crippen LogP contribution in [0.3, 0.4) is 0 Å². The van der Waals surface area contributed by atoms with E-state index < -0.39 is 0 Å². The Morgan fingerprint density at radius 2 is 1.68 bits per heavy atom. The Morgan fingerprint density at radius 3 is 2.28 bits per heavy atom. The Hall–Kier alpha value is -1.32. The van der Waals surface area contributed by atoms with Gasteiger partial charge < -0.3 is 4.74 Å². The highest BCUT2D eigenvalue weighted by Crippen LogP contribution is 2.61. The number of carbonyl (C=O) groups is 1. The van der Waals surface area contributed by atoms with Crippen LogP contribution in [0.2, 0.25) is 10.0 Å². The van der Waals surface area contributed by atoms with E-state index in [1.807, 2.05) is 6.07 Å². The molecule has 4 aliphatic carbocycles. The topological polar surface area (TPSA) is 38.7 Å². The third kappa shape index (κ3) is 2.63. The Kier molecular flexibility index (Phi) is 3.55. The van der Waals surface area contributed by atoms with Gasteiger partial charge in [-0.05, 0) is 80.1 Å². The van der Waals surface area contributed by atoms with Gasteiger partial charge in [-0.1, -0.05) is 29.3 Å². The number of rotatable bonds is 2. The Bertz CT molecular complexity index is 792. The van der Waals surface area contributed by atoms with Crippen LogP contribution in [0.5, 0.6) is 0 Å². The second-order valence-electron chi connectivity index (χ2n) is 8.21. The van der Waals surface area contributed by atoms with E-state index >= 15 is 0 Å². The van der Waals surface area contributed by atoms with Crippen LogP contribution in [0.15, 0.2) is 28.9 Å². The lowest BCUT2D eigenvalue weighted by molar-refractivity contribution is -0.131. The van der Waals surface area contributed by atoms with Crippen molar-refractivity contribution < 1.29 is 9.53 Å². The van der Waals surface area contributed by atoms with E-state index in [0.29, 0.717) is 21.6 Å². The molecule has 0 radical (unpaired) electrons. The molecular formula is C20H19Cl2NO2. The van der Waals surface area contributed by atoms with Gasteiger partial charge in [0.05, 0.1) is 10.0 Å². The molecule has 0 N–H and O–H groups in total. The molecule has 130 valence electrons. The summed E-state index contributed by atoms with van der Waals surface area (Å²) in [5, 5.41) is 0.961. The van der Waals surface area contributed by atoms with Crippen molar-refractivity contribution in [3.63, 3.8) is 0 Å². The van der Waals surface area contributed by atoms with Gasteiger partial charge in [0.25, 0.3) is 0 Å². The zero-order chi connectivity index (χ0) is 17.2. The van der Waals surface area contributed by atoms with Crippen molar-refractivity contribution >= 4 is 41.1 Å². The van der Waals surface area contributed by atoms with Crippen molar-refractivity contribution in [3.8, 4) is 0 Å². The number of nitrogens with zero attached hydrogens (tertiary/aromatic N) is 1. The summed E-state index contributed by atoms with van der Waals surface area (Å²) < 4.78 is 5.67. The van der Waals surface area contributed by atoms with Gasteiger partial charge in [0.1, 0.15) is 0 Å². The quantitative estimate of drug-likeness (QED) is 0.505. The van der Waals surface area contributed by atoms with Crippen LogP contribution in [0.1, 0.15) is 44.1 Å². The van der Waals surface area contributed by atoms with Crippen LogP contribution in [0, 0.1) is 23.2 Å². The van der Waals surface area contributed by atoms with E-state index in [1.165, 1.54) is 19.3 Å². The number of esters is 1. The summed E-state index contributed by atoms with van der Waals surface area (Å²) in [5.74, 6) is 2.68. The van der Waals surface area contributed by atoms with Gasteiger partial charge >= 0.3 is 5.97 Å². The van der Waals surface area contributed by atoms with Gasteiger partial charge in [-0.2, -0.15) is 0 Å². The Balaban J connectivity index is 1.48. The van der Waals surface area contributed by atoms with E-state index in [0.717, 1.165) is 42.6 Å². The average Bonchev–Trinajstić information content (AvgIpc) is 2.91. The van der Waals surface area contributed by atoms with E-state index in [4.69, 9.17) is 27.9 Å². The summed E-state index contributed by atoms with van der Waals surface area (Å²) in [5.41, 5.74) is 1.17. The predicted molar refractivity (Wildman–Crippen MR) is 98.6 cm³/mol. The molecule has 5 aliphatic rings. The van der Waals surface area contributed by atoms with Crippen molar-refractivity contribution in [3.05, 3.63) is 39.5 Å². The number of ether oxygens (including phenoxy) is 1. The summed E-state index contributed by atoms with van der Waals surface area (Å²) in [4.78, 5) is 17.0. The Labute approximate surface area is 157 Å². The normalized spacial score (nSPS) is 37.5. The van der Waals surface area contributed by atoms with Gasteiger partial charge in [-0.3, -0.25) is 0 Å². The van der Waals surface area contributed by atoms with Crippen LogP contribution in [0.25, 0.3) is 6.08 Å². The second kappa shape index (κ2) is 5.59. The first-order valence-corrected chi connectivity index (χ1v) is 9.74. The number of hydrogen-bond donors (Lipinski definition) is 0. The van der Waals surface area contributed by atoms with E-state index in [9.17, 15) is 4.79 Å². The zero-order valence-corrected chi connectivity index (χ0v) is 15.3. The molecule has 4 saturated carbocycles. The molecule has 1 aliphatic heterocycles. The van der Waals surface area contributed by atoms with Crippen LogP contribution >= 0.6 is 23.2 Å². The van der Waals surface area contributed by atoms with Gasteiger partial charge in [-0.15, -0.1) is 0 Å². The van der Waals surface area contributed by atoms with E-state index in [1.54, 1.807) is 18.2 Å². The maximum absolute atomic E-state index is 12.4. The molecule has 0 saturated heterocycles. The molecule has 25 heavy (non-hydrogen) atoms. The average molecular weight is 376 g/mol. The maximum Gasteiger partial charge on any atom is 0.363 e. The highest BCUT2D eigenvalue weighted by Gasteiger charge is 2.55. The highest BCUT2D eigenvalue weighted by molar-refractivity contribution is 6.42. The van der Waals surface area contributed by atoms with Crippen molar-refractivity contribution in [2.75, 3.05) is 0 Å². The number of benzene rings is 1. The lowest BCUT2D eigenvalue weighted by Gasteiger charge is -2.55. The minimum absolute atomic E-state index is 0.00234. The minimum atomic E-state index is -0.350. The fourth-order valence-corrected chi connectivity index (χ4v) is 6.08. The summed E-state index contributed by atoms with van der Waals surface area (Å²) in [6, 6.07) is 5.29. The van der Waals surface area contributed by atoms with Gasteiger partial charge in [-0.25, -0.2) is 9.79 Å². The third-order valence-corrected chi connectivity index (χ3v) is 7.10. The molecule has 0 amide bonds. The summed E-state index contributed by atoms with van der Waals surface area (Å²) >= 11 is 12.0. The molecule has 1 aromatic carbocycles. The third-order valence-electron chi connectivity index (χ3n) is 6.36. The molecule has 6 rings (SSSR count). The van der Waals surface area contributed by atoms with Crippen molar-refractivity contribution in [1.82, 2.24) is 0 Å². The predicted octanol–water partition coefficient (Wildman–Crippen LogP) is 5.51. The Morgan fingerprint density at radius 1 is 1.04 bits per heavy atom. The van der Waals surface area contributed by atoms with Crippen molar-refractivity contribution in [2.24, 2.45) is 28.2 Å². The summed E-state index contributed by atoms with van der Waals surface area (Å²) in [7, 11) is 0. The first-order chi connectivity index (χ1) is 12.0. The second-order valence-corrected chi connectivity index (χ2v) is 9.02. The monoisotopic (exact) mass is 375 g/mol. The molecular weight excluding hydrogens is 357 g/mol. The lowest BCUT2D eigenvalue weighted by atomic mass is 9.49. The van der Waals surface area contributed by atoms with Crippen molar-refractivity contribution in [1.29, 1.82) is 0 Å². The fourth-order valence-electron chi connectivity index (χ4n) is 5.77. The molecule has 1 aromatic rings. The molecule has 0 spiro atoms. The number of halogens is 2. The van der Waals surface area contributed by atoms with Crippen LogP contribution in [-0.2, 0) is 9.53 Å².